The number of alkyl halides is 2. The molecule has 8 heteroatoms. The van der Waals surface area contributed by atoms with Crippen LogP contribution >= 0.6 is 11.8 Å². The van der Waals surface area contributed by atoms with Gasteiger partial charge in [0.05, 0.1) is 4.91 Å². The molecule has 1 aliphatic heterocycles. The van der Waals surface area contributed by atoms with E-state index in [2.05, 4.69) is 4.74 Å². The van der Waals surface area contributed by atoms with Gasteiger partial charge in [-0.2, -0.15) is 8.78 Å². The van der Waals surface area contributed by atoms with Crippen LogP contribution in [0, 0.1) is 0 Å². The Balaban J connectivity index is 2.13. The van der Waals surface area contributed by atoms with E-state index in [0.717, 1.165) is 16.7 Å². The van der Waals surface area contributed by atoms with Crippen LogP contribution in [0.25, 0.3) is 6.08 Å². The lowest BCUT2D eigenvalue weighted by atomic mass is 10.2. The minimum Gasteiger partial charge on any atom is -0.435 e. The van der Waals surface area contributed by atoms with Gasteiger partial charge >= 0.3 is 6.61 Å². The highest BCUT2D eigenvalue weighted by Gasteiger charge is 2.34. The molecular weight excluding hydrogens is 302 g/mol. The minimum absolute atomic E-state index is 0.0263. The van der Waals surface area contributed by atoms with E-state index >= 15 is 0 Å². The Bertz CT molecular complexity index is 575. The Labute approximate surface area is 123 Å². The summed E-state index contributed by atoms with van der Waals surface area (Å²) in [5.74, 6) is -0.373. The lowest BCUT2D eigenvalue weighted by molar-refractivity contribution is -0.122. The van der Waals surface area contributed by atoms with Gasteiger partial charge in [0.1, 0.15) is 5.75 Å². The summed E-state index contributed by atoms with van der Waals surface area (Å²) in [6, 6.07) is 5.77. The van der Waals surface area contributed by atoms with Crippen LogP contribution in [0.2, 0.25) is 0 Å². The maximum Gasteiger partial charge on any atom is 0.387 e. The summed E-state index contributed by atoms with van der Waals surface area (Å²) >= 11 is 0.823. The molecule has 0 spiro atoms. The molecule has 1 fully saturated rings. The Morgan fingerprint density at radius 1 is 1.29 bits per heavy atom. The summed E-state index contributed by atoms with van der Waals surface area (Å²) < 4.78 is 28.3. The average molecular weight is 314 g/mol. The Morgan fingerprint density at radius 3 is 2.52 bits per heavy atom. The van der Waals surface area contributed by atoms with Gasteiger partial charge in [-0.1, -0.05) is 12.1 Å². The van der Waals surface area contributed by atoms with Crippen molar-refractivity contribution in [1.29, 1.82) is 0 Å². The van der Waals surface area contributed by atoms with E-state index in [1.807, 2.05) is 0 Å². The van der Waals surface area contributed by atoms with Gasteiger partial charge in [-0.05, 0) is 35.5 Å². The molecule has 0 radical (unpaired) electrons. The lowest BCUT2D eigenvalue weighted by Gasteiger charge is -2.09. The molecule has 2 amide bonds. The molecule has 1 saturated heterocycles. The SMILES string of the molecule is NCCN1C(=O)S/C(=C/c2ccc(OC(F)F)cc2)C1=O. The Kier molecular flexibility index (Phi) is 4.92. The van der Waals surface area contributed by atoms with Crippen molar-refractivity contribution in [2.45, 2.75) is 6.61 Å². The topological polar surface area (TPSA) is 72.6 Å². The summed E-state index contributed by atoms with van der Waals surface area (Å²) in [6.07, 6.45) is 1.52. The Morgan fingerprint density at radius 2 is 1.95 bits per heavy atom. The minimum atomic E-state index is -2.89. The first-order valence-electron chi connectivity index (χ1n) is 6.01. The first kappa shape index (κ1) is 15.5. The fraction of sp³-hybridized carbons (Fsp3) is 0.231. The molecule has 1 aromatic carbocycles. The van der Waals surface area contributed by atoms with Gasteiger partial charge in [-0.25, -0.2) is 0 Å². The predicted octanol–water partition coefficient (Wildman–Crippen LogP) is 2.28. The molecule has 0 atom stereocenters. The van der Waals surface area contributed by atoms with E-state index in [1.54, 1.807) is 0 Å². The summed E-state index contributed by atoms with van der Waals surface area (Å²) in [5.41, 5.74) is 5.94. The van der Waals surface area contributed by atoms with Crippen LogP contribution in [-0.4, -0.2) is 35.7 Å². The molecule has 2 rings (SSSR count). The van der Waals surface area contributed by atoms with Gasteiger partial charge in [0.25, 0.3) is 11.1 Å². The monoisotopic (exact) mass is 314 g/mol. The first-order chi connectivity index (χ1) is 10.0. The fourth-order valence-corrected chi connectivity index (χ4v) is 2.58. The van der Waals surface area contributed by atoms with Gasteiger partial charge in [-0.15, -0.1) is 0 Å². The largest absolute Gasteiger partial charge is 0.435 e. The molecule has 1 heterocycles. The second kappa shape index (κ2) is 6.68. The lowest BCUT2D eigenvalue weighted by Crippen LogP contribution is -2.33. The van der Waals surface area contributed by atoms with Crippen molar-refractivity contribution in [3.8, 4) is 5.75 Å². The third kappa shape index (κ3) is 3.79. The van der Waals surface area contributed by atoms with Gasteiger partial charge in [0, 0.05) is 13.1 Å². The average Bonchev–Trinajstić information content (AvgIpc) is 2.69. The van der Waals surface area contributed by atoms with Crippen molar-refractivity contribution < 1.29 is 23.1 Å². The fourth-order valence-electron chi connectivity index (χ4n) is 1.72. The number of nitrogens with zero attached hydrogens (tertiary/aromatic N) is 1. The first-order valence-corrected chi connectivity index (χ1v) is 6.83. The zero-order valence-electron chi connectivity index (χ0n) is 10.8. The standard InChI is InChI=1S/C13H12F2N2O3S/c14-12(15)20-9-3-1-8(2-4-9)7-10-11(18)17(6-5-16)13(19)21-10/h1-4,7,12H,5-6,16H2/b10-7+. The van der Waals surface area contributed by atoms with Gasteiger partial charge in [-0.3, -0.25) is 14.5 Å². The second-order valence-corrected chi connectivity index (χ2v) is 5.06. The number of benzene rings is 1. The van der Waals surface area contributed by atoms with Crippen LogP contribution in [0.1, 0.15) is 5.56 Å². The Hall–Kier alpha value is -1.93. The van der Waals surface area contributed by atoms with E-state index in [1.165, 1.54) is 30.3 Å². The van der Waals surface area contributed by atoms with Crippen molar-refractivity contribution in [2.24, 2.45) is 5.73 Å². The molecule has 2 N–H and O–H groups in total. The van der Waals surface area contributed by atoms with E-state index in [0.29, 0.717) is 5.56 Å². The smallest absolute Gasteiger partial charge is 0.387 e. The second-order valence-electron chi connectivity index (χ2n) is 4.07. The number of halogens is 2. The molecule has 0 saturated carbocycles. The molecule has 1 aliphatic rings. The third-order valence-electron chi connectivity index (χ3n) is 2.63. The zero-order valence-corrected chi connectivity index (χ0v) is 11.6. The number of thioether (sulfide) groups is 1. The van der Waals surface area contributed by atoms with Crippen molar-refractivity contribution in [3.05, 3.63) is 34.7 Å². The van der Waals surface area contributed by atoms with Crippen molar-refractivity contribution in [3.63, 3.8) is 0 Å². The summed E-state index contributed by atoms with van der Waals surface area (Å²) in [4.78, 5) is 24.9. The number of carbonyl (C=O) groups is 2. The molecule has 21 heavy (non-hydrogen) atoms. The molecule has 112 valence electrons. The zero-order chi connectivity index (χ0) is 15.4. The number of hydrogen-bond acceptors (Lipinski definition) is 5. The third-order valence-corrected chi connectivity index (χ3v) is 3.54. The quantitative estimate of drug-likeness (QED) is 0.844. The molecule has 1 aromatic rings. The van der Waals surface area contributed by atoms with Gasteiger partial charge in [0.15, 0.2) is 0 Å². The van der Waals surface area contributed by atoms with Crippen LogP contribution in [0.5, 0.6) is 5.75 Å². The summed E-state index contributed by atoms with van der Waals surface area (Å²) in [5, 5.41) is -0.366. The molecule has 0 unspecified atom stereocenters. The van der Waals surface area contributed by atoms with Crippen LogP contribution in [-0.2, 0) is 4.79 Å². The number of nitrogens with two attached hydrogens (primary N) is 1. The number of imide groups is 1. The van der Waals surface area contributed by atoms with Gasteiger partial charge in [0.2, 0.25) is 0 Å². The van der Waals surface area contributed by atoms with E-state index in [9.17, 15) is 18.4 Å². The van der Waals surface area contributed by atoms with E-state index < -0.39 is 12.5 Å². The predicted molar refractivity (Wildman–Crippen MR) is 74.8 cm³/mol. The maximum absolute atomic E-state index is 12.0. The molecule has 0 aliphatic carbocycles. The van der Waals surface area contributed by atoms with E-state index in [-0.39, 0.29) is 29.0 Å². The molecule has 5 nitrogen and oxygen atoms in total. The number of ether oxygens (including phenoxy) is 1. The highest BCUT2D eigenvalue weighted by Crippen LogP contribution is 2.32. The summed E-state index contributed by atoms with van der Waals surface area (Å²) in [7, 11) is 0. The van der Waals surface area contributed by atoms with Gasteiger partial charge < -0.3 is 10.5 Å². The molecule has 0 bridgehead atoms. The number of carbonyl (C=O) groups excluding carboxylic acids is 2. The summed E-state index contributed by atoms with van der Waals surface area (Å²) in [6.45, 7) is -2.52. The molecule has 0 aromatic heterocycles. The highest BCUT2D eigenvalue weighted by molar-refractivity contribution is 8.18. The maximum atomic E-state index is 12.0. The van der Waals surface area contributed by atoms with Crippen LogP contribution in [0.15, 0.2) is 29.2 Å². The van der Waals surface area contributed by atoms with Crippen LogP contribution < -0.4 is 10.5 Å². The normalized spacial score (nSPS) is 17.1. The number of hydrogen-bond donors (Lipinski definition) is 1. The van der Waals surface area contributed by atoms with E-state index in [4.69, 9.17) is 5.73 Å². The van der Waals surface area contributed by atoms with Crippen LogP contribution in [0.3, 0.4) is 0 Å². The number of amides is 2. The van der Waals surface area contributed by atoms with Crippen molar-refractivity contribution in [1.82, 2.24) is 4.90 Å². The van der Waals surface area contributed by atoms with Crippen molar-refractivity contribution in [2.75, 3.05) is 13.1 Å². The van der Waals surface area contributed by atoms with Crippen molar-refractivity contribution >= 4 is 29.0 Å². The van der Waals surface area contributed by atoms with Crippen LogP contribution in [0.4, 0.5) is 13.6 Å². The highest BCUT2D eigenvalue weighted by atomic mass is 32.2. The molecular formula is C13H12F2N2O3S. The number of rotatable bonds is 5.